The molecule has 1 aromatic carbocycles. The van der Waals surface area contributed by atoms with E-state index < -0.39 is 0 Å². The lowest BCUT2D eigenvalue weighted by Crippen LogP contribution is -2.26. The summed E-state index contributed by atoms with van der Waals surface area (Å²) in [7, 11) is 0. The second-order valence-electron chi connectivity index (χ2n) is 5.42. The molecule has 0 aliphatic carbocycles. The number of ether oxygens (including phenoxy) is 1. The van der Waals surface area contributed by atoms with Crippen LogP contribution in [0.2, 0.25) is 0 Å². The zero-order valence-electron chi connectivity index (χ0n) is 13.4. The van der Waals surface area contributed by atoms with E-state index in [1.54, 1.807) is 18.2 Å². The summed E-state index contributed by atoms with van der Waals surface area (Å²) in [4.78, 5) is 16.7. The lowest BCUT2D eigenvalue weighted by molar-refractivity contribution is 0.0940. The number of amides is 1. The Morgan fingerprint density at radius 1 is 1.29 bits per heavy atom. The molecule has 124 valence electrons. The summed E-state index contributed by atoms with van der Waals surface area (Å²) in [6, 6.07) is 11.0. The Balaban J connectivity index is 1.76. The summed E-state index contributed by atoms with van der Waals surface area (Å²) >= 11 is 0. The minimum Gasteiger partial charge on any atom is -0.486 e. The summed E-state index contributed by atoms with van der Waals surface area (Å²) in [6.07, 6.45) is 3.85. The second kappa shape index (κ2) is 7.14. The van der Waals surface area contributed by atoms with Crippen LogP contribution >= 0.6 is 0 Å². The number of nitrogens with one attached hydrogen (secondary N) is 1. The molecular weight excluding hydrogens is 306 g/mol. The number of aryl methyl sites for hydroxylation is 1. The van der Waals surface area contributed by atoms with Crippen LogP contribution in [0.15, 0.2) is 48.8 Å². The van der Waals surface area contributed by atoms with E-state index >= 15 is 0 Å². The van der Waals surface area contributed by atoms with Gasteiger partial charge in [0, 0.05) is 18.9 Å². The van der Waals surface area contributed by atoms with Crippen LogP contribution in [0.4, 0.5) is 0 Å². The quantitative estimate of drug-likeness (QED) is 0.726. The molecule has 6 nitrogen and oxygen atoms in total. The molecule has 2 N–H and O–H groups in total. The van der Waals surface area contributed by atoms with Gasteiger partial charge in [-0.1, -0.05) is 18.2 Å². The number of aromatic nitrogens is 2. The number of para-hydroxylation sites is 1. The number of imidazole rings is 1. The number of carbonyl (C=O) groups is 1. The monoisotopic (exact) mass is 325 g/mol. The Morgan fingerprint density at radius 3 is 2.92 bits per heavy atom. The van der Waals surface area contributed by atoms with Crippen molar-refractivity contribution >= 4 is 11.6 Å². The number of aliphatic hydroxyl groups is 1. The number of aliphatic hydroxyl groups excluding tert-OH is 1. The van der Waals surface area contributed by atoms with Crippen molar-refractivity contribution in [1.82, 2.24) is 14.7 Å². The Hall–Kier alpha value is -2.86. The van der Waals surface area contributed by atoms with Crippen LogP contribution < -0.4 is 10.1 Å². The number of hydrogen-bond donors (Lipinski definition) is 2. The molecule has 0 aliphatic rings. The van der Waals surface area contributed by atoms with Crippen LogP contribution in [0.25, 0.3) is 5.65 Å². The molecule has 0 unspecified atom stereocenters. The van der Waals surface area contributed by atoms with E-state index in [1.165, 1.54) is 0 Å². The summed E-state index contributed by atoms with van der Waals surface area (Å²) in [5.41, 5.74) is 3.21. The van der Waals surface area contributed by atoms with Crippen molar-refractivity contribution in [2.75, 3.05) is 13.2 Å². The highest BCUT2D eigenvalue weighted by molar-refractivity contribution is 5.96. The van der Waals surface area contributed by atoms with Crippen molar-refractivity contribution in [1.29, 1.82) is 0 Å². The molecule has 0 atom stereocenters. The van der Waals surface area contributed by atoms with Crippen molar-refractivity contribution in [3.8, 4) is 5.75 Å². The van der Waals surface area contributed by atoms with E-state index in [0.29, 0.717) is 11.3 Å². The van der Waals surface area contributed by atoms with Gasteiger partial charge in [-0.2, -0.15) is 0 Å². The topological polar surface area (TPSA) is 75.9 Å². The van der Waals surface area contributed by atoms with Crippen LogP contribution in [0.3, 0.4) is 0 Å². The molecule has 0 saturated carbocycles. The first-order valence-electron chi connectivity index (χ1n) is 7.73. The highest BCUT2D eigenvalue weighted by atomic mass is 16.5. The maximum Gasteiger partial charge on any atom is 0.255 e. The molecule has 6 heteroatoms. The zero-order valence-corrected chi connectivity index (χ0v) is 13.4. The van der Waals surface area contributed by atoms with Gasteiger partial charge >= 0.3 is 0 Å². The lowest BCUT2D eigenvalue weighted by Gasteiger charge is -2.10. The van der Waals surface area contributed by atoms with Crippen molar-refractivity contribution in [2.45, 2.75) is 13.5 Å². The molecule has 3 aromatic rings. The van der Waals surface area contributed by atoms with Gasteiger partial charge in [-0.25, -0.2) is 4.98 Å². The smallest absolute Gasteiger partial charge is 0.255 e. The molecule has 0 bridgehead atoms. The predicted octanol–water partition coefficient (Wildman–Crippen LogP) is 1.94. The Morgan fingerprint density at radius 2 is 2.12 bits per heavy atom. The Labute approximate surface area is 139 Å². The molecule has 24 heavy (non-hydrogen) atoms. The van der Waals surface area contributed by atoms with Gasteiger partial charge in [0.1, 0.15) is 18.0 Å². The van der Waals surface area contributed by atoms with Gasteiger partial charge in [-0.15, -0.1) is 0 Å². The normalized spacial score (nSPS) is 10.8. The highest BCUT2D eigenvalue weighted by Crippen LogP contribution is 2.19. The highest BCUT2D eigenvalue weighted by Gasteiger charge is 2.12. The SMILES string of the molecule is Cc1cccn2cc(COc3ccccc3C(=O)NCCO)nc12. The maximum atomic E-state index is 12.1. The first-order valence-corrected chi connectivity index (χ1v) is 7.73. The summed E-state index contributed by atoms with van der Waals surface area (Å²) in [6.45, 7) is 2.38. The fourth-order valence-corrected chi connectivity index (χ4v) is 2.47. The summed E-state index contributed by atoms with van der Waals surface area (Å²) in [5.74, 6) is 0.215. The van der Waals surface area contributed by atoms with Gasteiger partial charge in [-0.3, -0.25) is 4.79 Å². The molecule has 1 amide bonds. The van der Waals surface area contributed by atoms with Gasteiger partial charge < -0.3 is 19.6 Å². The fraction of sp³-hybridized carbons (Fsp3) is 0.222. The van der Waals surface area contributed by atoms with E-state index in [0.717, 1.165) is 16.9 Å². The summed E-state index contributed by atoms with van der Waals surface area (Å²) in [5, 5.41) is 11.4. The van der Waals surface area contributed by atoms with Crippen LogP contribution in [-0.4, -0.2) is 33.6 Å². The third-order valence-electron chi connectivity index (χ3n) is 3.63. The first kappa shape index (κ1) is 16.0. The molecule has 0 spiro atoms. The van der Waals surface area contributed by atoms with Gasteiger partial charge in [0.15, 0.2) is 0 Å². The van der Waals surface area contributed by atoms with Gasteiger partial charge in [0.05, 0.1) is 17.9 Å². The number of rotatable bonds is 6. The lowest BCUT2D eigenvalue weighted by atomic mass is 10.2. The molecule has 2 heterocycles. The van der Waals surface area contributed by atoms with E-state index in [9.17, 15) is 4.79 Å². The number of benzene rings is 1. The van der Waals surface area contributed by atoms with Gasteiger partial charge in [-0.05, 0) is 30.7 Å². The third kappa shape index (κ3) is 3.38. The van der Waals surface area contributed by atoms with Crippen molar-refractivity contribution in [3.63, 3.8) is 0 Å². The van der Waals surface area contributed by atoms with Crippen LogP contribution in [0.1, 0.15) is 21.6 Å². The van der Waals surface area contributed by atoms with Crippen molar-refractivity contribution < 1.29 is 14.6 Å². The largest absolute Gasteiger partial charge is 0.486 e. The molecule has 2 aromatic heterocycles. The standard InChI is InChI=1S/C18H19N3O3/c1-13-5-4-9-21-11-14(20-17(13)21)12-24-16-7-3-2-6-15(16)18(23)19-8-10-22/h2-7,9,11,22H,8,10,12H2,1H3,(H,19,23). The number of nitrogens with zero attached hydrogens (tertiary/aromatic N) is 2. The average Bonchev–Trinajstić information content (AvgIpc) is 3.03. The van der Waals surface area contributed by atoms with E-state index in [4.69, 9.17) is 9.84 Å². The minimum atomic E-state index is -0.273. The summed E-state index contributed by atoms with van der Waals surface area (Å²) < 4.78 is 7.75. The van der Waals surface area contributed by atoms with Crippen molar-refractivity contribution in [3.05, 3.63) is 65.6 Å². The van der Waals surface area contributed by atoms with Gasteiger partial charge in [0.25, 0.3) is 5.91 Å². The number of hydrogen-bond acceptors (Lipinski definition) is 4. The van der Waals surface area contributed by atoms with E-state index in [-0.39, 0.29) is 25.7 Å². The average molecular weight is 325 g/mol. The maximum absolute atomic E-state index is 12.1. The van der Waals surface area contributed by atoms with Crippen LogP contribution in [0, 0.1) is 6.92 Å². The van der Waals surface area contributed by atoms with Gasteiger partial charge in [0.2, 0.25) is 0 Å². The molecule has 0 aliphatic heterocycles. The Kier molecular flexibility index (Phi) is 4.77. The molecule has 0 radical (unpaired) electrons. The Bertz CT molecular complexity index is 858. The predicted molar refractivity (Wildman–Crippen MR) is 90.1 cm³/mol. The van der Waals surface area contributed by atoms with Crippen molar-refractivity contribution in [2.24, 2.45) is 0 Å². The molecule has 0 fully saturated rings. The second-order valence-corrected chi connectivity index (χ2v) is 5.42. The molecular formula is C18H19N3O3. The number of pyridine rings is 1. The minimum absolute atomic E-state index is 0.102. The van der Waals surface area contributed by atoms with Crippen LogP contribution in [0.5, 0.6) is 5.75 Å². The number of carbonyl (C=O) groups excluding carboxylic acids is 1. The fourth-order valence-electron chi connectivity index (χ4n) is 2.47. The zero-order chi connectivity index (χ0) is 16.9. The van der Waals surface area contributed by atoms with E-state index in [2.05, 4.69) is 10.3 Å². The molecule has 3 rings (SSSR count). The first-order chi connectivity index (χ1) is 11.7. The number of fused-ring (bicyclic) bond motifs is 1. The van der Waals surface area contributed by atoms with Crippen LogP contribution in [-0.2, 0) is 6.61 Å². The third-order valence-corrected chi connectivity index (χ3v) is 3.63. The van der Waals surface area contributed by atoms with E-state index in [1.807, 2.05) is 41.9 Å². The molecule has 0 saturated heterocycles.